The third-order valence-electron chi connectivity index (χ3n) is 5.32. The summed E-state index contributed by atoms with van der Waals surface area (Å²) in [6.45, 7) is 4.66. The lowest BCUT2D eigenvalue weighted by Gasteiger charge is -2.28. The number of nitrogens with zero attached hydrogens (tertiary/aromatic N) is 8. The van der Waals surface area contributed by atoms with Gasteiger partial charge in [-0.2, -0.15) is 23.4 Å². The van der Waals surface area contributed by atoms with E-state index in [9.17, 15) is 18.0 Å². The van der Waals surface area contributed by atoms with E-state index in [0.29, 0.717) is 37.6 Å². The molecule has 0 spiro atoms. The van der Waals surface area contributed by atoms with Gasteiger partial charge in [0.25, 0.3) is 0 Å². The number of rotatable bonds is 4. The van der Waals surface area contributed by atoms with Crippen LogP contribution in [0.4, 0.5) is 13.2 Å². The summed E-state index contributed by atoms with van der Waals surface area (Å²) in [5, 5.41) is 16.2. The number of alkyl halides is 3. The van der Waals surface area contributed by atoms with E-state index in [-0.39, 0.29) is 18.1 Å². The Kier molecular flexibility index (Phi) is 4.86. The van der Waals surface area contributed by atoms with Crippen molar-refractivity contribution in [3.05, 3.63) is 35.0 Å². The Bertz CT molecular complexity index is 1090. The number of carbonyl (C=O) groups excluding carboxylic acids is 1. The molecule has 9 nitrogen and oxygen atoms in total. The van der Waals surface area contributed by atoms with Gasteiger partial charge in [0.1, 0.15) is 18.6 Å². The lowest BCUT2D eigenvalue weighted by atomic mass is 10.0. The molecule has 0 radical (unpaired) electrons. The Morgan fingerprint density at radius 1 is 1.27 bits per heavy atom. The summed E-state index contributed by atoms with van der Waals surface area (Å²) in [6.07, 6.45) is -2.32. The molecule has 0 aliphatic carbocycles. The van der Waals surface area contributed by atoms with Crippen LogP contribution in [0.1, 0.15) is 29.6 Å². The van der Waals surface area contributed by atoms with Crippen LogP contribution < -0.4 is 0 Å². The minimum Gasteiger partial charge on any atom is -0.336 e. The van der Waals surface area contributed by atoms with Gasteiger partial charge in [0.2, 0.25) is 5.91 Å². The molecule has 3 aromatic rings. The zero-order valence-electron chi connectivity index (χ0n) is 16.8. The molecule has 30 heavy (non-hydrogen) atoms. The van der Waals surface area contributed by atoms with Gasteiger partial charge in [0.05, 0.1) is 0 Å². The standard InChI is InChI=1S/C18H21F3N8O/c1-4-27-10-22-23-17(27)16-12-8-28(6-5-13(12)26(3)25-16)15(30)9-29-11(2)7-14(24-29)18(19,20)21/h7,10H,4-6,8-9H2,1-3H3. The van der Waals surface area contributed by atoms with Crippen LogP contribution in [0.2, 0.25) is 0 Å². The summed E-state index contributed by atoms with van der Waals surface area (Å²) in [6, 6.07) is 0.943. The van der Waals surface area contributed by atoms with Gasteiger partial charge in [-0.25, -0.2) is 0 Å². The average molecular weight is 422 g/mol. The number of aryl methyl sites for hydroxylation is 3. The van der Waals surface area contributed by atoms with Crippen molar-refractivity contribution in [3.8, 4) is 11.5 Å². The number of hydrogen-bond donors (Lipinski definition) is 0. The van der Waals surface area contributed by atoms with Crippen molar-refractivity contribution >= 4 is 5.91 Å². The van der Waals surface area contributed by atoms with Gasteiger partial charge in [-0.1, -0.05) is 0 Å². The first-order chi connectivity index (χ1) is 14.2. The summed E-state index contributed by atoms with van der Waals surface area (Å²) in [4.78, 5) is 14.5. The second kappa shape index (κ2) is 7.26. The highest BCUT2D eigenvalue weighted by Crippen LogP contribution is 2.30. The average Bonchev–Trinajstić information content (AvgIpc) is 3.39. The van der Waals surface area contributed by atoms with Crippen molar-refractivity contribution in [2.45, 2.75) is 46.1 Å². The van der Waals surface area contributed by atoms with Crippen molar-refractivity contribution in [2.24, 2.45) is 7.05 Å². The Morgan fingerprint density at radius 3 is 2.70 bits per heavy atom. The van der Waals surface area contributed by atoms with Crippen molar-refractivity contribution < 1.29 is 18.0 Å². The fraction of sp³-hybridized carbons (Fsp3) is 0.500. The van der Waals surface area contributed by atoms with Gasteiger partial charge in [-0.05, 0) is 19.9 Å². The lowest BCUT2D eigenvalue weighted by molar-refractivity contribution is -0.142. The number of fused-ring (bicyclic) bond motifs is 1. The highest BCUT2D eigenvalue weighted by atomic mass is 19.4. The molecule has 0 aromatic carbocycles. The Labute approximate surface area is 170 Å². The third-order valence-corrected chi connectivity index (χ3v) is 5.32. The molecule has 160 valence electrons. The predicted molar refractivity (Wildman–Crippen MR) is 99.0 cm³/mol. The molecule has 0 atom stereocenters. The maximum atomic E-state index is 12.9. The maximum Gasteiger partial charge on any atom is 0.435 e. The first-order valence-electron chi connectivity index (χ1n) is 9.51. The molecule has 0 unspecified atom stereocenters. The number of halogens is 3. The van der Waals surface area contributed by atoms with E-state index in [1.807, 2.05) is 18.5 Å². The summed E-state index contributed by atoms with van der Waals surface area (Å²) in [5.74, 6) is 0.328. The fourth-order valence-electron chi connectivity index (χ4n) is 3.69. The topological polar surface area (TPSA) is 86.7 Å². The predicted octanol–water partition coefficient (Wildman–Crippen LogP) is 1.81. The van der Waals surface area contributed by atoms with Crippen LogP contribution in [0.25, 0.3) is 11.5 Å². The zero-order chi connectivity index (χ0) is 21.6. The van der Waals surface area contributed by atoms with E-state index >= 15 is 0 Å². The SMILES string of the molecule is CCn1cnnc1-c1nn(C)c2c1CN(C(=O)Cn1nc(C(F)(F)F)cc1C)CC2. The van der Waals surface area contributed by atoms with Crippen LogP contribution in [0.15, 0.2) is 12.4 Å². The molecule has 0 saturated carbocycles. The molecule has 1 aliphatic heterocycles. The molecule has 4 rings (SSSR count). The van der Waals surface area contributed by atoms with Crippen LogP contribution in [-0.4, -0.2) is 51.7 Å². The maximum absolute atomic E-state index is 12.9. The molecule has 0 bridgehead atoms. The monoisotopic (exact) mass is 422 g/mol. The summed E-state index contributed by atoms with van der Waals surface area (Å²) in [7, 11) is 1.85. The van der Waals surface area contributed by atoms with Crippen LogP contribution in [0.5, 0.6) is 0 Å². The van der Waals surface area contributed by atoms with Gasteiger partial charge in [-0.15, -0.1) is 10.2 Å². The normalized spacial score (nSPS) is 14.3. The molecule has 0 N–H and O–H groups in total. The molecule has 0 saturated heterocycles. The van der Waals surface area contributed by atoms with Crippen LogP contribution in [0, 0.1) is 6.92 Å². The van der Waals surface area contributed by atoms with Crippen LogP contribution >= 0.6 is 0 Å². The van der Waals surface area contributed by atoms with Crippen LogP contribution in [0.3, 0.4) is 0 Å². The van der Waals surface area contributed by atoms with Crippen LogP contribution in [-0.2, 0) is 44.1 Å². The smallest absolute Gasteiger partial charge is 0.336 e. The largest absolute Gasteiger partial charge is 0.435 e. The molecular weight excluding hydrogens is 401 g/mol. The second-order valence-electron chi connectivity index (χ2n) is 7.23. The molecule has 3 aromatic heterocycles. The minimum atomic E-state index is -4.54. The highest BCUT2D eigenvalue weighted by molar-refractivity contribution is 5.77. The molecular formula is C18H21F3N8O. The fourth-order valence-corrected chi connectivity index (χ4v) is 3.69. The summed E-state index contributed by atoms with van der Waals surface area (Å²) < 4.78 is 43.4. The number of aromatic nitrogens is 7. The summed E-state index contributed by atoms with van der Waals surface area (Å²) in [5.41, 5.74) is 1.84. The van der Waals surface area contributed by atoms with E-state index < -0.39 is 11.9 Å². The van der Waals surface area contributed by atoms with Gasteiger partial charge < -0.3 is 9.47 Å². The Morgan fingerprint density at radius 2 is 2.03 bits per heavy atom. The van der Waals surface area contributed by atoms with Gasteiger partial charge in [0, 0.05) is 50.1 Å². The third kappa shape index (κ3) is 3.46. The number of carbonyl (C=O) groups is 1. The molecule has 0 fully saturated rings. The Hall–Kier alpha value is -3.18. The van der Waals surface area contributed by atoms with Gasteiger partial charge in [-0.3, -0.25) is 14.2 Å². The van der Waals surface area contributed by atoms with Crippen molar-refractivity contribution in [1.82, 2.24) is 39.2 Å². The number of hydrogen-bond acceptors (Lipinski definition) is 5. The summed E-state index contributed by atoms with van der Waals surface area (Å²) >= 11 is 0. The highest BCUT2D eigenvalue weighted by Gasteiger charge is 2.35. The molecule has 1 aliphatic rings. The quantitative estimate of drug-likeness (QED) is 0.640. The first kappa shape index (κ1) is 20.1. The van der Waals surface area contributed by atoms with Gasteiger partial charge >= 0.3 is 6.18 Å². The van der Waals surface area contributed by atoms with E-state index in [0.717, 1.165) is 22.0 Å². The van der Waals surface area contributed by atoms with E-state index in [1.54, 1.807) is 15.9 Å². The first-order valence-corrected chi connectivity index (χ1v) is 9.51. The Balaban J connectivity index is 1.57. The molecule has 4 heterocycles. The van der Waals surface area contributed by atoms with Crippen molar-refractivity contribution in [2.75, 3.05) is 6.54 Å². The van der Waals surface area contributed by atoms with E-state index in [2.05, 4.69) is 20.4 Å². The van der Waals surface area contributed by atoms with E-state index in [4.69, 9.17) is 0 Å². The molecule has 12 heteroatoms. The van der Waals surface area contributed by atoms with Gasteiger partial charge in [0.15, 0.2) is 11.5 Å². The molecule has 1 amide bonds. The number of amides is 1. The second-order valence-corrected chi connectivity index (χ2v) is 7.23. The van der Waals surface area contributed by atoms with Crippen molar-refractivity contribution in [1.29, 1.82) is 0 Å². The van der Waals surface area contributed by atoms with E-state index in [1.165, 1.54) is 6.92 Å². The lowest BCUT2D eigenvalue weighted by Crippen LogP contribution is -2.38. The van der Waals surface area contributed by atoms with Crippen molar-refractivity contribution in [3.63, 3.8) is 0 Å². The zero-order valence-corrected chi connectivity index (χ0v) is 16.8. The minimum absolute atomic E-state index is 0.252.